The maximum Gasteiger partial charge on any atom is 0.236 e. The molecular weight excluding hydrogens is 230 g/mol. The topological polar surface area (TPSA) is 57.6 Å². The van der Waals surface area contributed by atoms with Crippen LogP contribution in [0.15, 0.2) is 0 Å². The standard InChI is InChI=1S/C14H23NO3/c1-2-11(6-9-16)15-12(17)10-14(13(15)18)7-4-3-5-8-14/h11,16H,2-10H2,1H3. The van der Waals surface area contributed by atoms with E-state index >= 15 is 0 Å². The third-order valence-corrected chi connectivity index (χ3v) is 4.54. The number of aliphatic hydroxyl groups is 1. The van der Waals surface area contributed by atoms with Gasteiger partial charge in [-0.3, -0.25) is 14.5 Å². The fourth-order valence-electron chi connectivity index (χ4n) is 3.47. The maximum absolute atomic E-state index is 12.6. The molecule has 0 aromatic carbocycles. The summed E-state index contributed by atoms with van der Waals surface area (Å²) < 4.78 is 0. The second-order valence-electron chi connectivity index (χ2n) is 5.66. The molecule has 0 aromatic heterocycles. The molecule has 0 radical (unpaired) electrons. The molecule has 1 unspecified atom stereocenters. The van der Waals surface area contributed by atoms with E-state index in [1.165, 1.54) is 11.3 Å². The van der Waals surface area contributed by atoms with Crippen molar-refractivity contribution in [3.63, 3.8) is 0 Å². The first-order chi connectivity index (χ1) is 8.64. The van der Waals surface area contributed by atoms with Gasteiger partial charge in [0.25, 0.3) is 0 Å². The number of rotatable bonds is 4. The number of hydrogen-bond donors (Lipinski definition) is 1. The summed E-state index contributed by atoms with van der Waals surface area (Å²) in [5, 5.41) is 9.05. The van der Waals surface area contributed by atoms with Crippen molar-refractivity contribution in [3.05, 3.63) is 0 Å². The zero-order valence-corrected chi connectivity index (χ0v) is 11.2. The molecule has 1 N–H and O–H groups in total. The van der Waals surface area contributed by atoms with Crippen molar-refractivity contribution in [2.75, 3.05) is 6.61 Å². The molecule has 1 spiro atoms. The first-order valence-electron chi connectivity index (χ1n) is 7.12. The van der Waals surface area contributed by atoms with Gasteiger partial charge >= 0.3 is 0 Å². The average Bonchev–Trinajstić information content (AvgIpc) is 2.60. The SMILES string of the molecule is CCC(CCO)N1C(=O)CC2(CCCCC2)C1=O. The third kappa shape index (κ3) is 2.18. The molecule has 4 heteroatoms. The van der Waals surface area contributed by atoms with Gasteiger partial charge in [0, 0.05) is 19.1 Å². The number of hydrogen-bond acceptors (Lipinski definition) is 3. The third-order valence-electron chi connectivity index (χ3n) is 4.54. The lowest BCUT2D eigenvalue weighted by molar-refractivity contribution is -0.145. The van der Waals surface area contributed by atoms with Gasteiger partial charge < -0.3 is 5.11 Å². The highest BCUT2D eigenvalue weighted by Crippen LogP contribution is 2.46. The summed E-state index contributed by atoms with van der Waals surface area (Å²) in [6, 6.07) is -0.115. The molecule has 1 saturated heterocycles. The van der Waals surface area contributed by atoms with E-state index in [2.05, 4.69) is 0 Å². The van der Waals surface area contributed by atoms with Crippen LogP contribution in [0.3, 0.4) is 0 Å². The van der Waals surface area contributed by atoms with Crippen molar-refractivity contribution in [1.29, 1.82) is 0 Å². The van der Waals surface area contributed by atoms with E-state index < -0.39 is 5.41 Å². The molecule has 2 aliphatic rings. The first kappa shape index (κ1) is 13.5. The quantitative estimate of drug-likeness (QED) is 0.778. The van der Waals surface area contributed by atoms with Crippen LogP contribution < -0.4 is 0 Å². The highest BCUT2D eigenvalue weighted by atomic mass is 16.3. The van der Waals surface area contributed by atoms with Crippen LogP contribution >= 0.6 is 0 Å². The fraction of sp³-hybridized carbons (Fsp3) is 0.857. The van der Waals surface area contributed by atoms with E-state index in [4.69, 9.17) is 5.11 Å². The number of amides is 2. The number of aliphatic hydroxyl groups excluding tert-OH is 1. The molecular formula is C14H23NO3. The van der Waals surface area contributed by atoms with E-state index in [1.54, 1.807) is 0 Å². The van der Waals surface area contributed by atoms with Crippen molar-refractivity contribution in [1.82, 2.24) is 4.90 Å². The Balaban J connectivity index is 2.17. The normalized spacial score (nSPS) is 24.9. The van der Waals surface area contributed by atoms with Gasteiger partial charge in [-0.1, -0.05) is 26.2 Å². The zero-order valence-electron chi connectivity index (χ0n) is 11.2. The summed E-state index contributed by atoms with van der Waals surface area (Å²) in [5.74, 6) is 0.00898. The molecule has 2 rings (SSSR count). The van der Waals surface area contributed by atoms with E-state index in [9.17, 15) is 9.59 Å². The summed E-state index contributed by atoms with van der Waals surface area (Å²) in [6.07, 6.45) is 6.66. The monoisotopic (exact) mass is 253 g/mol. The minimum absolute atomic E-state index is 0.0257. The molecule has 2 amide bonds. The molecule has 1 heterocycles. The van der Waals surface area contributed by atoms with Crippen molar-refractivity contribution in [2.24, 2.45) is 5.41 Å². The van der Waals surface area contributed by atoms with Crippen LogP contribution in [-0.4, -0.2) is 34.5 Å². The Kier molecular flexibility index (Phi) is 4.05. The predicted molar refractivity (Wildman–Crippen MR) is 67.8 cm³/mol. The molecule has 1 saturated carbocycles. The molecule has 4 nitrogen and oxygen atoms in total. The number of likely N-dealkylation sites (tertiary alicyclic amines) is 1. The van der Waals surface area contributed by atoms with E-state index in [0.29, 0.717) is 12.8 Å². The Morgan fingerprint density at radius 2 is 1.94 bits per heavy atom. The lowest BCUT2D eigenvalue weighted by Crippen LogP contribution is -2.43. The number of carbonyl (C=O) groups is 2. The summed E-state index contributed by atoms with van der Waals surface area (Å²) in [4.78, 5) is 26.2. The summed E-state index contributed by atoms with van der Waals surface area (Å²) >= 11 is 0. The Morgan fingerprint density at radius 1 is 1.28 bits per heavy atom. The van der Waals surface area contributed by atoms with Crippen LogP contribution in [0.25, 0.3) is 0 Å². The van der Waals surface area contributed by atoms with E-state index in [-0.39, 0.29) is 24.5 Å². The average molecular weight is 253 g/mol. The van der Waals surface area contributed by atoms with Crippen molar-refractivity contribution >= 4 is 11.8 Å². The van der Waals surface area contributed by atoms with Gasteiger partial charge in [0.2, 0.25) is 11.8 Å². The lowest BCUT2D eigenvalue weighted by atomic mass is 9.73. The second kappa shape index (κ2) is 5.39. The molecule has 0 aromatic rings. The molecule has 1 aliphatic heterocycles. The zero-order chi connectivity index (χ0) is 13.2. The van der Waals surface area contributed by atoms with Crippen LogP contribution in [0.5, 0.6) is 0 Å². The Labute approximate surface area is 108 Å². The van der Waals surface area contributed by atoms with Crippen molar-refractivity contribution < 1.29 is 14.7 Å². The summed E-state index contributed by atoms with van der Waals surface area (Å²) in [5.41, 5.74) is -0.391. The molecule has 102 valence electrons. The predicted octanol–water partition coefficient (Wildman–Crippen LogP) is 1.86. The summed E-state index contributed by atoms with van der Waals surface area (Å²) in [6.45, 7) is 2.00. The molecule has 1 aliphatic carbocycles. The minimum atomic E-state index is -0.391. The van der Waals surface area contributed by atoms with Crippen LogP contribution in [0, 0.1) is 5.41 Å². The van der Waals surface area contributed by atoms with E-state index in [1.807, 2.05) is 6.92 Å². The van der Waals surface area contributed by atoms with Gasteiger partial charge in [0.15, 0.2) is 0 Å². The summed E-state index contributed by atoms with van der Waals surface area (Å²) in [7, 11) is 0. The highest BCUT2D eigenvalue weighted by molar-refractivity contribution is 6.06. The Morgan fingerprint density at radius 3 is 2.50 bits per heavy atom. The van der Waals surface area contributed by atoms with Crippen molar-refractivity contribution in [2.45, 2.75) is 64.3 Å². The first-order valence-corrected chi connectivity index (χ1v) is 7.12. The largest absolute Gasteiger partial charge is 0.396 e. The van der Waals surface area contributed by atoms with Crippen molar-refractivity contribution in [3.8, 4) is 0 Å². The van der Waals surface area contributed by atoms with Crippen LogP contribution in [0.1, 0.15) is 58.3 Å². The molecule has 2 fully saturated rings. The van der Waals surface area contributed by atoms with Gasteiger partial charge in [-0.15, -0.1) is 0 Å². The fourth-order valence-corrected chi connectivity index (χ4v) is 3.47. The van der Waals surface area contributed by atoms with Crippen LogP contribution in [-0.2, 0) is 9.59 Å². The van der Waals surface area contributed by atoms with Gasteiger partial charge in [-0.25, -0.2) is 0 Å². The van der Waals surface area contributed by atoms with Crippen LogP contribution in [0.4, 0.5) is 0 Å². The maximum atomic E-state index is 12.6. The van der Waals surface area contributed by atoms with Gasteiger partial charge in [-0.2, -0.15) is 0 Å². The molecule has 1 atom stereocenters. The van der Waals surface area contributed by atoms with Gasteiger partial charge in [-0.05, 0) is 25.7 Å². The van der Waals surface area contributed by atoms with Crippen LogP contribution in [0.2, 0.25) is 0 Å². The lowest BCUT2D eigenvalue weighted by Gasteiger charge is -2.32. The van der Waals surface area contributed by atoms with Gasteiger partial charge in [0.05, 0.1) is 5.41 Å². The number of carbonyl (C=O) groups excluding carboxylic acids is 2. The number of nitrogens with zero attached hydrogens (tertiary/aromatic N) is 1. The Bertz CT molecular complexity index is 334. The molecule has 18 heavy (non-hydrogen) atoms. The Hall–Kier alpha value is -0.900. The smallest absolute Gasteiger partial charge is 0.236 e. The molecule has 0 bridgehead atoms. The minimum Gasteiger partial charge on any atom is -0.396 e. The second-order valence-corrected chi connectivity index (χ2v) is 5.66. The van der Waals surface area contributed by atoms with Gasteiger partial charge in [0.1, 0.15) is 0 Å². The number of imide groups is 1. The highest BCUT2D eigenvalue weighted by Gasteiger charge is 2.52. The van der Waals surface area contributed by atoms with E-state index in [0.717, 1.165) is 32.1 Å².